The molecule has 0 bridgehead atoms. The van der Waals surface area contributed by atoms with Gasteiger partial charge in [0.25, 0.3) is 0 Å². The number of amides is 1. The second kappa shape index (κ2) is 7.19. The van der Waals surface area contributed by atoms with Crippen molar-refractivity contribution in [3.63, 3.8) is 0 Å². The predicted octanol–water partition coefficient (Wildman–Crippen LogP) is 1.22. The van der Waals surface area contributed by atoms with Crippen LogP contribution in [0, 0.1) is 0 Å². The van der Waals surface area contributed by atoms with Crippen LogP contribution in [0.4, 0.5) is 5.69 Å². The molecular weight excluding hydrogens is 272 g/mol. The standard InChI is InChI=1S/C15H22N2O4/c1-10(16-9-15(3,20)14(19)21-4)12-6-5-7-13(8-12)17-11(2)18/h5-8,10,16,20H,9H2,1-4H3,(H,17,18). The van der Waals surface area contributed by atoms with Crippen LogP contribution in [0.3, 0.4) is 0 Å². The van der Waals surface area contributed by atoms with E-state index >= 15 is 0 Å². The Morgan fingerprint density at radius 3 is 2.67 bits per heavy atom. The van der Waals surface area contributed by atoms with E-state index in [0.29, 0.717) is 5.69 Å². The normalized spacial score (nSPS) is 14.9. The van der Waals surface area contributed by atoms with Gasteiger partial charge in [0.1, 0.15) is 0 Å². The van der Waals surface area contributed by atoms with Crippen molar-refractivity contribution < 1.29 is 19.4 Å². The molecule has 0 saturated heterocycles. The minimum Gasteiger partial charge on any atom is -0.467 e. The largest absolute Gasteiger partial charge is 0.467 e. The highest BCUT2D eigenvalue weighted by Gasteiger charge is 2.31. The quantitative estimate of drug-likeness (QED) is 0.687. The number of benzene rings is 1. The van der Waals surface area contributed by atoms with Crippen LogP contribution >= 0.6 is 0 Å². The number of rotatable bonds is 6. The first-order chi connectivity index (χ1) is 9.76. The van der Waals surface area contributed by atoms with E-state index in [2.05, 4.69) is 15.4 Å². The third kappa shape index (κ3) is 5.17. The number of hydrogen-bond donors (Lipinski definition) is 3. The van der Waals surface area contributed by atoms with Crippen LogP contribution in [0.25, 0.3) is 0 Å². The maximum Gasteiger partial charge on any atom is 0.338 e. The molecule has 1 amide bonds. The maximum atomic E-state index is 11.4. The number of carbonyl (C=O) groups is 2. The lowest BCUT2D eigenvalue weighted by molar-refractivity contribution is -0.160. The molecule has 0 spiro atoms. The summed E-state index contributed by atoms with van der Waals surface area (Å²) in [6.07, 6.45) is 0. The van der Waals surface area contributed by atoms with Crippen LogP contribution in [0.5, 0.6) is 0 Å². The Bertz CT molecular complexity index is 514. The Morgan fingerprint density at radius 2 is 2.10 bits per heavy atom. The first-order valence-electron chi connectivity index (χ1n) is 6.68. The third-order valence-electron chi connectivity index (χ3n) is 3.08. The number of carbonyl (C=O) groups excluding carboxylic acids is 2. The highest BCUT2D eigenvalue weighted by atomic mass is 16.5. The molecule has 6 heteroatoms. The van der Waals surface area contributed by atoms with Gasteiger partial charge in [0.15, 0.2) is 5.60 Å². The fourth-order valence-electron chi connectivity index (χ4n) is 1.85. The zero-order valence-corrected chi connectivity index (χ0v) is 12.8. The number of hydrogen-bond acceptors (Lipinski definition) is 5. The number of ether oxygens (including phenoxy) is 1. The number of aliphatic hydroxyl groups is 1. The minimum absolute atomic E-state index is 0.0607. The summed E-state index contributed by atoms with van der Waals surface area (Å²) in [6, 6.07) is 7.26. The first-order valence-corrected chi connectivity index (χ1v) is 6.68. The zero-order valence-electron chi connectivity index (χ0n) is 12.8. The van der Waals surface area contributed by atoms with Gasteiger partial charge in [-0.2, -0.15) is 0 Å². The van der Waals surface area contributed by atoms with Crippen molar-refractivity contribution in [3.8, 4) is 0 Å². The van der Waals surface area contributed by atoms with Gasteiger partial charge in [0, 0.05) is 25.2 Å². The van der Waals surface area contributed by atoms with Crippen molar-refractivity contribution in [2.24, 2.45) is 0 Å². The van der Waals surface area contributed by atoms with Gasteiger partial charge >= 0.3 is 5.97 Å². The average molecular weight is 294 g/mol. The Balaban J connectivity index is 2.69. The number of nitrogens with one attached hydrogen (secondary N) is 2. The van der Waals surface area contributed by atoms with Gasteiger partial charge in [0.05, 0.1) is 7.11 Å². The molecule has 6 nitrogen and oxygen atoms in total. The van der Waals surface area contributed by atoms with Crippen LogP contribution in [0.15, 0.2) is 24.3 Å². The first kappa shape index (κ1) is 17.1. The topological polar surface area (TPSA) is 87.7 Å². The van der Waals surface area contributed by atoms with Gasteiger partial charge in [-0.05, 0) is 31.5 Å². The Kier molecular flexibility index (Phi) is 5.87. The fourth-order valence-corrected chi connectivity index (χ4v) is 1.85. The van der Waals surface area contributed by atoms with Crippen molar-refractivity contribution >= 4 is 17.6 Å². The van der Waals surface area contributed by atoms with E-state index in [4.69, 9.17) is 0 Å². The van der Waals surface area contributed by atoms with E-state index in [1.807, 2.05) is 25.1 Å². The van der Waals surface area contributed by atoms with Crippen LogP contribution in [0.2, 0.25) is 0 Å². The summed E-state index contributed by atoms with van der Waals surface area (Å²) in [5.74, 6) is -0.824. The lowest BCUT2D eigenvalue weighted by Crippen LogP contribution is -2.46. The average Bonchev–Trinajstić information content (AvgIpc) is 2.43. The summed E-state index contributed by atoms with van der Waals surface area (Å²) in [6.45, 7) is 4.81. The molecule has 3 N–H and O–H groups in total. The number of esters is 1. The second-order valence-electron chi connectivity index (χ2n) is 5.17. The Labute approximate surface area is 124 Å². The third-order valence-corrected chi connectivity index (χ3v) is 3.08. The molecule has 0 heterocycles. The van der Waals surface area contributed by atoms with Crippen molar-refractivity contribution in [2.75, 3.05) is 19.0 Å². The monoisotopic (exact) mass is 294 g/mol. The van der Waals surface area contributed by atoms with Gasteiger partial charge in [-0.3, -0.25) is 4.79 Å². The molecule has 1 rings (SSSR count). The molecular formula is C15H22N2O4. The summed E-state index contributed by atoms with van der Waals surface area (Å²) >= 11 is 0. The van der Waals surface area contributed by atoms with Gasteiger partial charge in [-0.1, -0.05) is 12.1 Å². The lowest BCUT2D eigenvalue weighted by atomic mass is 10.0. The highest BCUT2D eigenvalue weighted by Crippen LogP contribution is 2.18. The summed E-state index contributed by atoms with van der Waals surface area (Å²) in [7, 11) is 1.23. The van der Waals surface area contributed by atoms with Crippen molar-refractivity contribution in [3.05, 3.63) is 29.8 Å². The predicted molar refractivity (Wildman–Crippen MR) is 79.8 cm³/mol. The fraction of sp³-hybridized carbons (Fsp3) is 0.467. The molecule has 2 atom stereocenters. The number of anilines is 1. The van der Waals surface area contributed by atoms with Crippen LogP contribution in [-0.2, 0) is 14.3 Å². The summed E-state index contributed by atoms with van der Waals surface area (Å²) in [4.78, 5) is 22.4. The summed E-state index contributed by atoms with van der Waals surface area (Å²) in [5, 5.41) is 15.7. The molecule has 0 aliphatic heterocycles. The minimum atomic E-state index is -1.59. The Hall–Kier alpha value is -1.92. The van der Waals surface area contributed by atoms with Crippen molar-refractivity contribution in [1.82, 2.24) is 5.32 Å². The molecule has 1 aromatic carbocycles. The molecule has 0 radical (unpaired) electrons. The lowest BCUT2D eigenvalue weighted by Gasteiger charge is -2.23. The van der Waals surface area contributed by atoms with Gasteiger partial charge in [0.2, 0.25) is 5.91 Å². The van der Waals surface area contributed by atoms with Crippen LogP contribution in [-0.4, -0.2) is 36.2 Å². The summed E-state index contributed by atoms with van der Waals surface area (Å²) < 4.78 is 4.54. The Morgan fingerprint density at radius 1 is 1.43 bits per heavy atom. The molecule has 0 fully saturated rings. The van der Waals surface area contributed by atoms with Crippen molar-refractivity contribution in [1.29, 1.82) is 0 Å². The van der Waals surface area contributed by atoms with Crippen LogP contribution in [0.1, 0.15) is 32.4 Å². The molecule has 0 aromatic heterocycles. The van der Waals surface area contributed by atoms with E-state index in [1.54, 1.807) is 6.07 Å². The zero-order chi connectivity index (χ0) is 16.0. The van der Waals surface area contributed by atoms with Crippen molar-refractivity contribution in [2.45, 2.75) is 32.4 Å². The van der Waals surface area contributed by atoms with E-state index < -0.39 is 11.6 Å². The van der Waals surface area contributed by atoms with Gasteiger partial charge in [-0.25, -0.2) is 4.79 Å². The molecule has 0 aliphatic carbocycles. The van der Waals surface area contributed by atoms with Crippen LogP contribution < -0.4 is 10.6 Å². The van der Waals surface area contributed by atoms with E-state index in [1.165, 1.54) is 21.0 Å². The van der Waals surface area contributed by atoms with Gasteiger partial charge < -0.3 is 20.5 Å². The molecule has 2 unspecified atom stereocenters. The summed E-state index contributed by atoms with van der Waals surface area (Å²) in [5.41, 5.74) is 0.0495. The molecule has 0 aliphatic rings. The molecule has 0 saturated carbocycles. The molecule has 1 aromatic rings. The van der Waals surface area contributed by atoms with E-state index in [0.717, 1.165) is 5.56 Å². The maximum absolute atomic E-state index is 11.4. The van der Waals surface area contributed by atoms with Gasteiger partial charge in [-0.15, -0.1) is 0 Å². The van der Waals surface area contributed by atoms with E-state index in [9.17, 15) is 14.7 Å². The molecule has 21 heavy (non-hydrogen) atoms. The smallest absolute Gasteiger partial charge is 0.338 e. The van der Waals surface area contributed by atoms with E-state index in [-0.39, 0.29) is 18.5 Å². The SMILES string of the molecule is COC(=O)C(C)(O)CNC(C)c1cccc(NC(C)=O)c1. The molecule has 116 valence electrons. The number of methoxy groups -OCH3 is 1. The highest BCUT2D eigenvalue weighted by molar-refractivity contribution is 5.88. The second-order valence-corrected chi connectivity index (χ2v) is 5.17.